The smallest absolute Gasteiger partial charge is 0.328 e. The maximum atomic E-state index is 14.5. The van der Waals surface area contributed by atoms with Crippen LogP contribution in [0.5, 0.6) is 0 Å². The maximum absolute atomic E-state index is 14.5. The van der Waals surface area contributed by atoms with Gasteiger partial charge in [0.15, 0.2) is 0 Å². The molecular weight excluding hydrogens is 369 g/mol. The molecule has 5 nitrogen and oxygen atoms in total. The second kappa shape index (κ2) is 5.76. The molecule has 2 aromatic rings. The lowest BCUT2D eigenvalue weighted by Crippen LogP contribution is -2.64. The van der Waals surface area contributed by atoms with E-state index >= 15 is 0 Å². The average Bonchev–Trinajstić information content (AvgIpc) is 2.95. The number of halogens is 3. The van der Waals surface area contributed by atoms with Gasteiger partial charge in [0, 0.05) is 7.05 Å². The summed E-state index contributed by atoms with van der Waals surface area (Å²) in [5.74, 6) is -0.0923. The normalized spacial score (nSPS) is 21.2. The first-order valence-corrected chi connectivity index (χ1v) is 8.46. The second-order valence-electron chi connectivity index (χ2n) is 6.74. The molecule has 8 heteroatoms. The number of hydrogen-bond acceptors (Lipinski definition) is 3. The molecule has 2 aliphatic heterocycles. The van der Waals surface area contributed by atoms with Gasteiger partial charge in [-0.25, -0.2) is 9.69 Å². The fourth-order valence-electron chi connectivity index (χ4n) is 3.78. The molecule has 0 saturated heterocycles. The Morgan fingerprint density at radius 1 is 1.07 bits per heavy atom. The van der Waals surface area contributed by atoms with Gasteiger partial charge in [-0.3, -0.25) is 0 Å². The third-order valence-corrected chi connectivity index (χ3v) is 5.13. The molecule has 142 valence electrons. The maximum Gasteiger partial charge on any atom is 0.421 e. The zero-order valence-corrected chi connectivity index (χ0v) is 15.0. The minimum Gasteiger partial charge on any atom is -0.328 e. The van der Waals surface area contributed by atoms with E-state index in [0.29, 0.717) is 11.4 Å². The van der Waals surface area contributed by atoms with Crippen LogP contribution in [0.3, 0.4) is 0 Å². The number of amides is 2. The number of carbonyl (C=O) groups excluding carboxylic acids is 1. The van der Waals surface area contributed by atoms with Crippen LogP contribution >= 0.6 is 0 Å². The van der Waals surface area contributed by atoms with Crippen molar-refractivity contribution in [3.63, 3.8) is 0 Å². The summed E-state index contributed by atoms with van der Waals surface area (Å²) >= 11 is 0. The Morgan fingerprint density at radius 3 is 2.25 bits per heavy atom. The molecule has 0 fully saturated rings. The molecule has 2 aromatic carbocycles. The number of anilines is 2. The number of para-hydroxylation sites is 2. The van der Waals surface area contributed by atoms with E-state index in [1.165, 1.54) is 29.2 Å². The zero-order valence-electron chi connectivity index (χ0n) is 15.0. The summed E-state index contributed by atoms with van der Waals surface area (Å²) in [4.78, 5) is 15.5. The number of alkyl halides is 3. The summed E-state index contributed by atoms with van der Waals surface area (Å²) in [5.41, 5.74) is -2.00. The monoisotopic (exact) mass is 384 g/mol. The van der Waals surface area contributed by atoms with Crippen molar-refractivity contribution in [1.29, 1.82) is 5.26 Å². The summed E-state index contributed by atoms with van der Waals surface area (Å²) in [6.07, 6.45) is -4.93. The molecule has 2 aliphatic rings. The summed E-state index contributed by atoms with van der Waals surface area (Å²) < 4.78 is 43.4. The van der Waals surface area contributed by atoms with Crippen LogP contribution in [0, 0.1) is 18.3 Å². The van der Waals surface area contributed by atoms with Crippen molar-refractivity contribution in [1.82, 2.24) is 5.32 Å². The fourth-order valence-corrected chi connectivity index (χ4v) is 3.78. The van der Waals surface area contributed by atoms with E-state index in [0.717, 1.165) is 10.5 Å². The lowest BCUT2D eigenvalue weighted by Gasteiger charge is -2.43. The van der Waals surface area contributed by atoms with Crippen molar-refractivity contribution in [2.24, 2.45) is 0 Å². The van der Waals surface area contributed by atoms with E-state index in [4.69, 9.17) is 0 Å². The molecule has 2 heterocycles. The number of rotatable bonds is 1. The number of urea groups is 1. The van der Waals surface area contributed by atoms with Gasteiger partial charge < -0.3 is 10.2 Å². The average molecular weight is 384 g/mol. The highest BCUT2D eigenvalue weighted by atomic mass is 19.4. The van der Waals surface area contributed by atoms with Gasteiger partial charge in [-0.15, -0.1) is 0 Å². The van der Waals surface area contributed by atoms with Crippen molar-refractivity contribution < 1.29 is 18.0 Å². The predicted molar refractivity (Wildman–Crippen MR) is 97.4 cm³/mol. The third-order valence-electron chi connectivity index (χ3n) is 5.13. The number of nitrogens with one attached hydrogen (secondary N) is 1. The van der Waals surface area contributed by atoms with Gasteiger partial charge in [0.2, 0.25) is 5.54 Å². The van der Waals surface area contributed by atoms with Crippen molar-refractivity contribution in [2.45, 2.75) is 18.6 Å². The van der Waals surface area contributed by atoms with Crippen LogP contribution in [0.15, 0.2) is 59.9 Å². The first-order valence-electron chi connectivity index (χ1n) is 8.46. The number of nitrogens with zero attached hydrogens (tertiary/aromatic N) is 3. The van der Waals surface area contributed by atoms with Crippen molar-refractivity contribution in [3.8, 4) is 6.07 Å². The predicted octanol–water partition coefficient (Wildman–Crippen LogP) is 4.17. The lowest BCUT2D eigenvalue weighted by molar-refractivity contribution is -0.184. The number of hydrogen-bond donors (Lipinski definition) is 1. The Balaban J connectivity index is 2.07. The van der Waals surface area contributed by atoms with E-state index in [2.05, 4.69) is 5.32 Å². The number of nitriles is 1. The van der Waals surface area contributed by atoms with Crippen LogP contribution in [0.2, 0.25) is 0 Å². The van der Waals surface area contributed by atoms with E-state index in [9.17, 15) is 23.2 Å². The Bertz CT molecular complexity index is 1050. The number of fused-ring (bicyclic) bond motifs is 3. The van der Waals surface area contributed by atoms with Crippen LogP contribution < -0.4 is 15.1 Å². The Morgan fingerprint density at radius 2 is 1.68 bits per heavy atom. The van der Waals surface area contributed by atoms with E-state index in [1.807, 2.05) is 0 Å². The van der Waals surface area contributed by atoms with Gasteiger partial charge in [0.05, 0.1) is 11.4 Å². The van der Waals surface area contributed by atoms with Crippen LogP contribution in [-0.4, -0.2) is 19.3 Å². The van der Waals surface area contributed by atoms with Crippen molar-refractivity contribution >= 4 is 17.4 Å². The van der Waals surface area contributed by atoms with Gasteiger partial charge >= 0.3 is 12.2 Å². The number of benzene rings is 2. The van der Waals surface area contributed by atoms with Crippen LogP contribution in [0.1, 0.15) is 11.1 Å². The second-order valence-corrected chi connectivity index (χ2v) is 6.74. The molecule has 4 rings (SSSR count). The van der Waals surface area contributed by atoms with Gasteiger partial charge in [-0.2, -0.15) is 18.4 Å². The first-order chi connectivity index (χ1) is 13.2. The highest BCUT2D eigenvalue weighted by Gasteiger charge is 2.65. The SMILES string of the molecule is Cc1ccc([C@]2(C(F)(F)F)NC(=O)N3C(=C2C#N)N(C)c2ccccc23)cc1. The molecule has 0 aromatic heterocycles. The third kappa shape index (κ3) is 2.16. The van der Waals surface area contributed by atoms with Crippen LogP contribution in [0.25, 0.3) is 0 Å². The topological polar surface area (TPSA) is 59.4 Å². The minimum absolute atomic E-state index is 0.0923. The molecule has 0 saturated carbocycles. The largest absolute Gasteiger partial charge is 0.421 e. The van der Waals surface area contributed by atoms with E-state index in [1.54, 1.807) is 44.3 Å². The molecule has 0 spiro atoms. The standard InChI is InChI=1S/C20H15F3N4O/c1-12-7-9-13(10-8-12)19(20(21,22)23)14(11-24)17-26(2)15-5-3-4-6-16(15)27(17)18(28)25-19/h3-10H,1-2H3,(H,25,28)/t19-/m0/s1. The molecule has 0 bridgehead atoms. The summed E-state index contributed by atoms with van der Waals surface area (Å²) in [5, 5.41) is 11.9. The molecule has 28 heavy (non-hydrogen) atoms. The van der Waals surface area contributed by atoms with Gasteiger partial charge in [-0.1, -0.05) is 42.0 Å². The van der Waals surface area contributed by atoms with Gasteiger partial charge in [-0.05, 0) is 24.6 Å². The zero-order chi connectivity index (χ0) is 20.3. The highest BCUT2D eigenvalue weighted by Crippen LogP contribution is 2.52. The van der Waals surface area contributed by atoms with Crippen LogP contribution in [0.4, 0.5) is 29.3 Å². The Kier molecular flexibility index (Phi) is 3.69. The lowest BCUT2D eigenvalue weighted by atomic mass is 9.80. The summed E-state index contributed by atoms with van der Waals surface area (Å²) in [6.45, 7) is 1.75. The Hall–Kier alpha value is -3.47. The van der Waals surface area contributed by atoms with Crippen LogP contribution in [-0.2, 0) is 5.54 Å². The molecule has 0 aliphatic carbocycles. The summed E-state index contributed by atoms with van der Waals surface area (Å²) in [6, 6.07) is 13.1. The molecular formula is C20H15F3N4O. The molecule has 0 unspecified atom stereocenters. The highest BCUT2D eigenvalue weighted by molar-refractivity contribution is 6.06. The van der Waals surface area contributed by atoms with Crippen molar-refractivity contribution in [2.75, 3.05) is 16.8 Å². The first kappa shape index (κ1) is 17.9. The fraction of sp³-hybridized carbons (Fsp3) is 0.200. The van der Waals surface area contributed by atoms with E-state index in [-0.39, 0.29) is 11.4 Å². The molecule has 0 radical (unpaired) electrons. The molecule has 1 atom stereocenters. The van der Waals surface area contributed by atoms with E-state index < -0.39 is 23.3 Å². The summed E-state index contributed by atoms with van der Waals surface area (Å²) in [7, 11) is 1.54. The number of aryl methyl sites for hydroxylation is 1. The minimum atomic E-state index is -4.93. The van der Waals surface area contributed by atoms with Gasteiger partial charge in [0.1, 0.15) is 17.5 Å². The van der Waals surface area contributed by atoms with Crippen molar-refractivity contribution in [3.05, 3.63) is 71.1 Å². The Labute approximate surface area is 159 Å². The number of carbonyl (C=O) groups is 1. The molecule has 1 N–H and O–H groups in total. The molecule has 2 amide bonds. The van der Waals surface area contributed by atoms with Gasteiger partial charge in [0.25, 0.3) is 0 Å². The quantitative estimate of drug-likeness (QED) is 0.803.